The normalized spacial score (nSPS) is 23.9. The van der Waals surface area contributed by atoms with Crippen LogP contribution in [0.15, 0.2) is 24.3 Å². The lowest BCUT2D eigenvalue weighted by atomic mass is 10.3. The smallest absolute Gasteiger partial charge is 0.154 e. The summed E-state index contributed by atoms with van der Waals surface area (Å²) in [4.78, 5) is 0. The largest absolute Gasteiger partial charge is 0.489 e. The highest BCUT2D eigenvalue weighted by Crippen LogP contribution is 2.22. The minimum Gasteiger partial charge on any atom is -0.489 e. The third kappa shape index (κ3) is 2.86. The van der Waals surface area contributed by atoms with Gasteiger partial charge in [-0.05, 0) is 24.6 Å². The summed E-state index contributed by atoms with van der Waals surface area (Å²) >= 11 is 5.79. The van der Waals surface area contributed by atoms with Crippen LogP contribution in [0.25, 0.3) is 0 Å². The molecule has 0 spiro atoms. The molecule has 1 heterocycles. The molecule has 0 aliphatic carbocycles. The van der Waals surface area contributed by atoms with E-state index in [-0.39, 0.29) is 17.6 Å². The molecule has 1 saturated heterocycles. The Labute approximate surface area is 93.9 Å². The Morgan fingerprint density at radius 2 is 2.20 bits per heavy atom. The molecule has 82 valence electrons. The molecule has 1 fully saturated rings. The highest BCUT2D eigenvalue weighted by Gasteiger charge is 2.29. The second kappa shape index (κ2) is 4.02. The molecular formula is C10H11ClO3S. The zero-order valence-electron chi connectivity index (χ0n) is 8.02. The SMILES string of the molecule is O=S1(=O)CCC(Oc2cccc(Cl)c2)C1. The molecule has 15 heavy (non-hydrogen) atoms. The molecule has 1 unspecified atom stereocenters. The Bertz CT molecular complexity index is 455. The van der Waals surface area contributed by atoms with Gasteiger partial charge < -0.3 is 4.74 Å². The first-order chi connectivity index (χ1) is 7.05. The van der Waals surface area contributed by atoms with Crippen LogP contribution in [-0.2, 0) is 9.84 Å². The highest BCUT2D eigenvalue weighted by molar-refractivity contribution is 7.91. The van der Waals surface area contributed by atoms with Crippen LogP contribution in [-0.4, -0.2) is 26.0 Å². The maximum Gasteiger partial charge on any atom is 0.154 e. The molecule has 2 rings (SSSR count). The van der Waals surface area contributed by atoms with Gasteiger partial charge in [0.15, 0.2) is 9.84 Å². The van der Waals surface area contributed by atoms with Crippen molar-refractivity contribution in [1.82, 2.24) is 0 Å². The molecule has 0 amide bonds. The summed E-state index contributed by atoms with van der Waals surface area (Å²) in [5.74, 6) is 0.960. The van der Waals surface area contributed by atoms with E-state index in [2.05, 4.69) is 0 Å². The molecule has 1 atom stereocenters. The summed E-state index contributed by atoms with van der Waals surface area (Å²) < 4.78 is 27.9. The molecule has 1 aliphatic heterocycles. The molecule has 5 heteroatoms. The van der Waals surface area contributed by atoms with E-state index in [0.717, 1.165) is 0 Å². The van der Waals surface area contributed by atoms with Crippen LogP contribution in [0, 0.1) is 0 Å². The number of rotatable bonds is 2. The number of hydrogen-bond donors (Lipinski definition) is 0. The first-order valence-corrected chi connectivity index (χ1v) is 6.88. The van der Waals surface area contributed by atoms with Gasteiger partial charge >= 0.3 is 0 Å². The van der Waals surface area contributed by atoms with Gasteiger partial charge in [-0.3, -0.25) is 0 Å². The monoisotopic (exact) mass is 246 g/mol. The predicted molar refractivity (Wildman–Crippen MR) is 59.1 cm³/mol. The quantitative estimate of drug-likeness (QED) is 0.801. The second-order valence-corrected chi connectivity index (χ2v) is 6.27. The Hall–Kier alpha value is -0.740. The first kappa shape index (κ1) is 10.8. The van der Waals surface area contributed by atoms with Crippen molar-refractivity contribution in [1.29, 1.82) is 0 Å². The third-order valence-electron chi connectivity index (χ3n) is 2.29. The van der Waals surface area contributed by atoms with E-state index >= 15 is 0 Å². The van der Waals surface area contributed by atoms with Crippen LogP contribution in [0.1, 0.15) is 6.42 Å². The topological polar surface area (TPSA) is 43.4 Å². The summed E-state index contributed by atoms with van der Waals surface area (Å²) in [6.07, 6.45) is 0.336. The zero-order valence-corrected chi connectivity index (χ0v) is 9.59. The van der Waals surface area contributed by atoms with Crippen LogP contribution < -0.4 is 4.74 Å². The predicted octanol–water partition coefficient (Wildman–Crippen LogP) is 1.91. The molecular weight excluding hydrogens is 236 g/mol. The molecule has 0 saturated carbocycles. The van der Waals surface area contributed by atoms with Crippen molar-refractivity contribution in [3.63, 3.8) is 0 Å². The standard InChI is InChI=1S/C10H11ClO3S/c11-8-2-1-3-9(6-8)14-10-4-5-15(12,13)7-10/h1-3,6,10H,4-5,7H2. The molecule has 0 N–H and O–H groups in total. The van der Waals surface area contributed by atoms with E-state index in [1.807, 2.05) is 0 Å². The third-order valence-corrected chi connectivity index (χ3v) is 4.26. The van der Waals surface area contributed by atoms with Gasteiger partial charge in [0.05, 0.1) is 11.5 Å². The van der Waals surface area contributed by atoms with Crippen molar-refractivity contribution < 1.29 is 13.2 Å². The van der Waals surface area contributed by atoms with E-state index in [9.17, 15) is 8.42 Å². The fraction of sp³-hybridized carbons (Fsp3) is 0.400. The Balaban J connectivity index is 2.05. The molecule has 0 radical (unpaired) electrons. The molecule has 3 nitrogen and oxygen atoms in total. The Morgan fingerprint density at radius 3 is 2.80 bits per heavy atom. The zero-order chi connectivity index (χ0) is 10.9. The number of ether oxygens (including phenoxy) is 1. The maximum absolute atomic E-state index is 11.2. The number of hydrogen-bond acceptors (Lipinski definition) is 3. The minimum atomic E-state index is -2.88. The van der Waals surface area contributed by atoms with Gasteiger partial charge in [-0.15, -0.1) is 0 Å². The number of halogens is 1. The molecule has 0 bridgehead atoms. The summed E-state index contributed by atoms with van der Waals surface area (Å²) in [6, 6.07) is 6.99. The maximum atomic E-state index is 11.2. The lowest BCUT2D eigenvalue weighted by molar-refractivity contribution is 0.229. The van der Waals surface area contributed by atoms with E-state index in [4.69, 9.17) is 16.3 Å². The van der Waals surface area contributed by atoms with Crippen LogP contribution in [0.2, 0.25) is 5.02 Å². The molecule has 1 aliphatic rings. The molecule has 0 aromatic heterocycles. The summed E-state index contributed by atoms with van der Waals surface area (Å²) in [5, 5.41) is 0.591. The van der Waals surface area contributed by atoms with E-state index in [1.165, 1.54) is 0 Å². The van der Waals surface area contributed by atoms with Gasteiger partial charge in [-0.25, -0.2) is 8.42 Å². The average Bonchev–Trinajstić information content (AvgIpc) is 2.45. The van der Waals surface area contributed by atoms with Crippen LogP contribution in [0.4, 0.5) is 0 Å². The Morgan fingerprint density at radius 1 is 1.40 bits per heavy atom. The average molecular weight is 247 g/mol. The van der Waals surface area contributed by atoms with Crippen molar-refractivity contribution in [2.45, 2.75) is 12.5 Å². The van der Waals surface area contributed by atoms with E-state index in [0.29, 0.717) is 17.2 Å². The highest BCUT2D eigenvalue weighted by atomic mass is 35.5. The summed E-state index contributed by atoms with van der Waals surface area (Å²) in [6.45, 7) is 0. The number of benzene rings is 1. The van der Waals surface area contributed by atoms with Gasteiger partial charge in [-0.2, -0.15) is 0 Å². The minimum absolute atomic E-state index is 0.111. The van der Waals surface area contributed by atoms with E-state index in [1.54, 1.807) is 24.3 Å². The molecule has 1 aromatic carbocycles. The van der Waals surface area contributed by atoms with Crippen molar-refractivity contribution >= 4 is 21.4 Å². The lowest BCUT2D eigenvalue weighted by Gasteiger charge is -2.11. The molecule has 1 aromatic rings. The fourth-order valence-electron chi connectivity index (χ4n) is 1.59. The van der Waals surface area contributed by atoms with Gasteiger partial charge in [0, 0.05) is 5.02 Å². The summed E-state index contributed by atoms with van der Waals surface area (Å²) in [7, 11) is -2.88. The van der Waals surface area contributed by atoms with Crippen LogP contribution >= 0.6 is 11.6 Å². The second-order valence-electron chi connectivity index (χ2n) is 3.60. The van der Waals surface area contributed by atoms with Crippen molar-refractivity contribution in [2.24, 2.45) is 0 Å². The van der Waals surface area contributed by atoms with Crippen molar-refractivity contribution in [2.75, 3.05) is 11.5 Å². The number of sulfone groups is 1. The Kier molecular flexibility index (Phi) is 2.89. The first-order valence-electron chi connectivity index (χ1n) is 4.68. The van der Waals surface area contributed by atoms with Gasteiger partial charge in [0.1, 0.15) is 11.9 Å². The van der Waals surface area contributed by atoms with E-state index < -0.39 is 9.84 Å². The van der Waals surface area contributed by atoms with Crippen molar-refractivity contribution in [3.8, 4) is 5.75 Å². The van der Waals surface area contributed by atoms with Gasteiger partial charge in [0.25, 0.3) is 0 Å². The fourth-order valence-corrected chi connectivity index (χ4v) is 3.36. The lowest BCUT2D eigenvalue weighted by Crippen LogP contribution is -2.17. The van der Waals surface area contributed by atoms with Gasteiger partial charge in [0.2, 0.25) is 0 Å². The summed E-state index contributed by atoms with van der Waals surface area (Å²) in [5.41, 5.74) is 0. The van der Waals surface area contributed by atoms with Crippen LogP contribution in [0.3, 0.4) is 0 Å². The van der Waals surface area contributed by atoms with Crippen molar-refractivity contribution in [3.05, 3.63) is 29.3 Å². The van der Waals surface area contributed by atoms with Gasteiger partial charge in [-0.1, -0.05) is 17.7 Å². The van der Waals surface area contributed by atoms with Crippen LogP contribution in [0.5, 0.6) is 5.75 Å².